The number of fused-ring (bicyclic) bond motifs is 2. The lowest BCUT2D eigenvalue weighted by atomic mass is 9.87. The molecule has 9 heteroatoms. The number of likely N-dealkylation sites (tertiary alicyclic amines) is 1. The number of amides is 1. The van der Waals surface area contributed by atoms with Gasteiger partial charge < -0.3 is 9.30 Å². The Morgan fingerprint density at radius 1 is 0.895 bits per heavy atom. The molecule has 1 saturated carbocycles. The molecular weight excluding hydrogens is 476 g/mol. The third-order valence-corrected chi connectivity index (χ3v) is 8.34. The highest BCUT2D eigenvalue weighted by atomic mass is 16.2. The number of nitrogens with zero attached hydrogens (tertiary/aromatic N) is 8. The number of carbonyl (C=O) groups excluding carboxylic acids is 1. The fourth-order valence-electron chi connectivity index (χ4n) is 6.14. The van der Waals surface area contributed by atoms with Crippen LogP contribution in [0.2, 0.25) is 0 Å². The van der Waals surface area contributed by atoms with Crippen LogP contribution in [0.25, 0.3) is 27.8 Å². The summed E-state index contributed by atoms with van der Waals surface area (Å²) in [6.07, 6.45) is 19.4. The van der Waals surface area contributed by atoms with Gasteiger partial charge in [-0.15, -0.1) is 0 Å². The molecule has 9 nitrogen and oxygen atoms in total. The summed E-state index contributed by atoms with van der Waals surface area (Å²) in [5.41, 5.74) is 5.91. The minimum atomic E-state index is 0.250. The molecule has 1 amide bonds. The normalized spacial score (nSPS) is 17.5. The van der Waals surface area contributed by atoms with Crippen molar-refractivity contribution in [3.05, 3.63) is 67.1 Å². The van der Waals surface area contributed by atoms with Crippen LogP contribution in [0, 0.1) is 5.92 Å². The Balaban J connectivity index is 1.06. The molecular formula is C29H32N8O. The highest BCUT2D eigenvalue weighted by Crippen LogP contribution is 2.30. The van der Waals surface area contributed by atoms with Crippen LogP contribution in [0.15, 0.2) is 61.4 Å². The van der Waals surface area contributed by atoms with Crippen LogP contribution in [0.5, 0.6) is 0 Å². The maximum atomic E-state index is 12.9. The minimum absolute atomic E-state index is 0.250. The van der Waals surface area contributed by atoms with Gasteiger partial charge in [-0.25, -0.2) is 4.98 Å². The van der Waals surface area contributed by atoms with Gasteiger partial charge in [-0.2, -0.15) is 10.2 Å². The third-order valence-electron chi connectivity index (χ3n) is 8.34. The van der Waals surface area contributed by atoms with Gasteiger partial charge >= 0.3 is 0 Å². The highest BCUT2D eigenvalue weighted by Gasteiger charge is 2.30. The van der Waals surface area contributed by atoms with Gasteiger partial charge in [0.15, 0.2) is 0 Å². The summed E-state index contributed by atoms with van der Waals surface area (Å²) in [5, 5.41) is 9.32. The van der Waals surface area contributed by atoms with E-state index in [-0.39, 0.29) is 5.92 Å². The summed E-state index contributed by atoms with van der Waals surface area (Å²) in [6, 6.07) is 8.46. The quantitative estimate of drug-likeness (QED) is 0.342. The van der Waals surface area contributed by atoms with Crippen LogP contribution in [0.1, 0.15) is 56.7 Å². The van der Waals surface area contributed by atoms with Crippen molar-refractivity contribution in [2.45, 2.75) is 57.5 Å². The summed E-state index contributed by atoms with van der Waals surface area (Å²) in [5.74, 6) is 0.629. The van der Waals surface area contributed by atoms with Crippen molar-refractivity contribution < 1.29 is 4.79 Å². The van der Waals surface area contributed by atoms with Gasteiger partial charge in [0.1, 0.15) is 11.2 Å². The van der Waals surface area contributed by atoms with Gasteiger partial charge in [0.25, 0.3) is 0 Å². The summed E-state index contributed by atoms with van der Waals surface area (Å²) in [4.78, 5) is 24.2. The molecule has 2 aliphatic rings. The zero-order valence-corrected chi connectivity index (χ0v) is 21.5. The third kappa shape index (κ3) is 4.25. The Hall–Kier alpha value is -4.01. The fourth-order valence-corrected chi connectivity index (χ4v) is 6.14. The van der Waals surface area contributed by atoms with Crippen molar-refractivity contribution in [1.29, 1.82) is 0 Å². The van der Waals surface area contributed by atoms with Crippen molar-refractivity contribution in [3.8, 4) is 11.1 Å². The van der Waals surface area contributed by atoms with Gasteiger partial charge in [0.05, 0.1) is 42.4 Å². The van der Waals surface area contributed by atoms with Crippen LogP contribution < -0.4 is 0 Å². The van der Waals surface area contributed by atoms with Crippen LogP contribution >= 0.6 is 0 Å². The maximum absolute atomic E-state index is 12.9. The zero-order valence-electron chi connectivity index (χ0n) is 21.5. The Kier molecular flexibility index (Phi) is 5.91. The highest BCUT2D eigenvalue weighted by molar-refractivity contribution is 5.80. The summed E-state index contributed by atoms with van der Waals surface area (Å²) < 4.78 is 6.15. The van der Waals surface area contributed by atoms with E-state index in [4.69, 9.17) is 5.10 Å². The van der Waals surface area contributed by atoms with E-state index in [1.807, 2.05) is 53.9 Å². The standard InChI is InChI=1S/C29H32N8O/c38-29(21-6-2-1-3-7-21)34-12-9-24(10-13-34)36-19-23(16-32-36)22-14-27-26(30-15-22)18-33-37(27)20-25-17-31-28-8-4-5-11-35(25)28/h4-5,8,11,14-19,21,24H,1-3,6-7,9-10,12-13,20H2. The average molecular weight is 509 g/mol. The maximum Gasteiger partial charge on any atom is 0.225 e. The van der Waals surface area contributed by atoms with Crippen molar-refractivity contribution in [2.24, 2.45) is 5.92 Å². The van der Waals surface area contributed by atoms with E-state index in [2.05, 4.69) is 41.3 Å². The topological polar surface area (TPSA) is 86.1 Å². The van der Waals surface area contributed by atoms with Gasteiger partial charge in [0.2, 0.25) is 5.91 Å². The van der Waals surface area contributed by atoms with E-state index >= 15 is 0 Å². The van der Waals surface area contributed by atoms with Crippen LogP contribution in [0.4, 0.5) is 0 Å². The van der Waals surface area contributed by atoms with Crippen molar-refractivity contribution >= 4 is 22.6 Å². The van der Waals surface area contributed by atoms with E-state index in [0.29, 0.717) is 18.5 Å². The molecule has 0 atom stereocenters. The second-order valence-corrected chi connectivity index (χ2v) is 10.7. The van der Waals surface area contributed by atoms with Crippen molar-refractivity contribution in [1.82, 2.24) is 38.8 Å². The molecule has 0 bridgehead atoms. The first kappa shape index (κ1) is 23.1. The molecule has 0 N–H and O–H groups in total. The van der Waals surface area contributed by atoms with Crippen molar-refractivity contribution in [3.63, 3.8) is 0 Å². The summed E-state index contributed by atoms with van der Waals surface area (Å²) >= 11 is 0. The SMILES string of the molecule is O=C(C1CCCCC1)N1CCC(n2cc(-c3cnc4cnn(Cc5cnc6ccccn56)c4c3)cn2)CC1. The molecule has 2 fully saturated rings. The molecule has 0 spiro atoms. The van der Waals surface area contributed by atoms with E-state index in [1.165, 1.54) is 19.3 Å². The predicted molar refractivity (Wildman–Crippen MR) is 144 cm³/mol. The number of imidazole rings is 1. The molecule has 194 valence electrons. The van der Waals surface area contributed by atoms with Crippen molar-refractivity contribution in [2.75, 3.05) is 13.1 Å². The fraction of sp³-hybridized carbons (Fsp3) is 0.414. The minimum Gasteiger partial charge on any atom is -0.342 e. The lowest BCUT2D eigenvalue weighted by Gasteiger charge is -2.35. The van der Waals surface area contributed by atoms with E-state index < -0.39 is 0 Å². The zero-order chi connectivity index (χ0) is 25.5. The molecule has 1 saturated heterocycles. The number of carbonyl (C=O) groups is 1. The first-order valence-electron chi connectivity index (χ1n) is 13.8. The Morgan fingerprint density at radius 2 is 1.76 bits per heavy atom. The predicted octanol–water partition coefficient (Wildman–Crippen LogP) is 4.73. The van der Waals surface area contributed by atoms with E-state index in [1.54, 1.807) is 0 Å². The molecule has 0 radical (unpaired) electrons. The number of rotatable bonds is 5. The number of piperidine rings is 1. The molecule has 5 aromatic heterocycles. The Labute approximate surface area is 221 Å². The Morgan fingerprint density at radius 3 is 2.63 bits per heavy atom. The molecule has 5 aromatic rings. The molecule has 0 unspecified atom stereocenters. The first-order valence-corrected chi connectivity index (χ1v) is 13.8. The molecule has 1 aliphatic heterocycles. The number of pyridine rings is 2. The van der Waals surface area contributed by atoms with Gasteiger partial charge in [0, 0.05) is 48.7 Å². The molecule has 1 aliphatic carbocycles. The van der Waals surface area contributed by atoms with Gasteiger partial charge in [-0.3, -0.25) is 19.1 Å². The first-order chi connectivity index (χ1) is 18.7. The molecule has 7 rings (SSSR count). The van der Waals surface area contributed by atoms with Gasteiger partial charge in [-0.1, -0.05) is 25.3 Å². The van der Waals surface area contributed by atoms with Crippen LogP contribution in [0.3, 0.4) is 0 Å². The number of hydrogen-bond acceptors (Lipinski definition) is 5. The number of aromatic nitrogens is 7. The summed E-state index contributed by atoms with van der Waals surface area (Å²) in [7, 11) is 0. The second kappa shape index (κ2) is 9.70. The monoisotopic (exact) mass is 508 g/mol. The lowest BCUT2D eigenvalue weighted by Crippen LogP contribution is -2.42. The number of hydrogen-bond donors (Lipinski definition) is 0. The van der Waals surface area contributed by atoms with E-state index in [9.17, 15) is 4.79 Å². The lowest BCUT2D eigenvalue weighted by molar-refractivity contribution is -0.137. The molecule has 38 heavy (non-hydrogen) atoms. The van der Waals surface area contributed by atoms with Crippen LogP contribution in [-0.2, 0) is 11.3 Å². The molecule has 6 heterocycles. The average Bonchev–Trinajstić information content (AvgIpc) is 3.73. The largest absolute Gasteiger partial charge is 0.342 e. The van der Waals surface area contributed by atoms with E-state index in [0.717, 1.165) is 72.3 Å². The Bertz CT molecular complexity index is 1580. The van der Waals surface area contributed by atoms with Gasteiger partial charge in [-0.05, 0) is 43.9 Å². The second-order valence-electron chi connectivity index (χ2n) is 10.7. The van der Waals surface area contributed by atoms with Crippen LogP contribution in [-0.4, -0.2) is 57.8 Å². The summed E-state index contributed by atoms with van der Waals surface area (Å²) in [6.45, 7) is 2.26. The smallest absolute Gasteiger partial charge is 0.225 e. The molecule has 0 aromatic carbocycles.